The van der Waals surface area contributed by atoms with Crippen LogP contribution in [-0.2, 0) is 0 Å². The molecule has 1 saturated carbocycles. The van der Waals surface area contributed by atoms with Crippen LogP contribution in [0.15, 0.2) is 6.33 Å². The number of likely N-dealkylation sites (N-methyl/N-ethyl adjacent to an activating group) is 1. The van der Waals surface area contributed by atoms with Gasteiger partial charge in [0, 0.05) is 12.6 Å². The Hall–Kier alpha value is -1.40. The number of rotatable bonds is 5. The molecule has 0 unspecified atom stereocenters. The second-order valence-electron chi connectivity index (χ2n) is 4.46. The van der Waals surface area contributed by atoms with E-state index in [1.807, 2.05) is 0 Å². The van der Waals surface area contributed by atoms with Crippen LogP contribution >= 0.6 is 11.6 Å². The Labute approximate surface area is 109 Å². The number of aromatic amines is 1. The Bertz CT molecular complexity index is 553. The van der Waals surface area contributed by atoms with Crippen LogP contribution < -0.4 is 4.74 Å². The van der Waals surface area contributed by atoms with Crippen LogP contribution in [0.2, 0.25) is 5.28 Å². The summed E-state index contributed by atoms with van der Waals surface area (Å²) in [6.45, 7) is 1.45. The third-order valence-corrected chi connectivity index (χ3v) is 3.25. The molecule has 2 heterocycles. The average Bonchev–Trinajstić information content (AvgIpc) is 3.08. The molecular formula is C11H14ClN5O. The Morgan fingerprint density at radius 1 is 1.50 bits per heavy atom. The monoisotopic (exact) mass is 267 g/mol. The zero-order valence-corrected chi connectivity index (χ0v) is 10.8. The van der Waals surface area contributed by atoms with Crippen molar-refractivity contribution in [1.82, 2.24) is 24.8 Å². The second-order valence-corrected chi connectivity index (χ2v) is 4.80. The van der Waals surface area contributed by atoms with Crippen LogP contribution in [0.1, 0.15) is 12.8 Å². The van der Waals surface area contributed by atoms with Crippen molar-refractivity contribution in [3.8, 4) is 5.88 Å². The third-order valence-electron chi connectivity index (χ3n) is 3.08. The van der Waals surface area contributed by atoms with Gasteiger partial charge in [0.2, 0.25) is 11.2 Å². The van der Waals surface area contributed by atoms with Gasteiger partial charge in [-0.3, -0.25) is 0 Å². The highest BCUT2D eigenvalue weighted by molar-refractivity contribution is 6.28. The van der Waals surface area contributed by atoms with Gasteiger partial charge in [0.05, 0.1) is 6.33 Å². The van der Waals surface area contributed by atoms with Crippen molar-refractivity contribution in [3.05, 3.63) is 11.6 Å². The smallest absolute Gasteiger partial charge is 0.244 e. The number of nitrogens with zero attached hydrogens (tertiary/aromatic N) is 4. The zero-order chi connectivity index (χ0) is 12.5. The predicted molar refractivity (Wildman–Crippen MR) is 67.8 cm³/mol. The first-order valence-electron chi connectivity index (χ1n) is 5.93. The fourth-order valence-corrected chi connectivity index (χ4v) is 2.03. The van der Waals surface area contributed by atoms with E-state index in [4.69, 9.17) is 16.3 Å². The van der Waals surface area contributed by atoms with Crippen LogP contribution in [-0.4, -0.2) is 51.1 Å². The van der Waals surface area contributed by atoms with Crippen molar-refractivity contribution in [2.45, 2.75) is 18.9 Å². The molecule has 0 bridgehead atoms. The lowest BCUT2D eigenvalue weighted by Crippen LogP contribution is -2.26. The maximum Gasteiger partial charge on any atom is 0.244 e. The number of hydrogen-bond acceptors (Lipinski definition) is 5. The van der Waals surface area contributed by atoms with Gasteiger partial charge in [-0.25, -0.2) is 4.98 Å². The van der Waals surface area contributed by atoms with Crippen molar-refractivity contribution < 1.29 is 4.74 Å². The summed E-state index contributed by atoms with van der Waals surface area (Å²) in [5.74, 6) is 0.465. The fraction of sp³-hybridized carbons (Fsp3) is 0.545. The van der Waals surface area contributed by atoms with Gasteiger partial charge in [0.25, 0.3) is 0 Å². The number of imidazole rings is 1. The SMILES string of the molecule is CN(CCOc1nc(Cl)nc2nc[nH]c12)C1CC1. The minimum Gasteiger partial charge on any atom is -0.475 e. The molecule has 1 fully saturated rings. The summed E-state index contributed by atoms with van der Waals surface area (Å²) in [5.41, 5.74) is 1.22. The van der Waals surface area contributed by atoms with E-state index in [0.29, 0.717) is 23.7 Å². The molecule has 1 N–H and O–H groups in total. The van der Waals surface area contributed by atoms with E-state index < -0.39 is 0 Å². The van der Waals surface area contributed by atoms with Gasteiger partial charge in [-0.15, -0.1) is 0 Å². The second kappa shape index (κ2) is 4.70. The molecule has 7 heteroatoms. The molecule has 0 amide bonds. The van der Waals surface area contributed by atoms with E-state index in [1.54, 1.807) is 6.33 Å². The first-order chi connectivity index (χ1) is 8.74. The number of aromatic nitrogens is 4. The van der Waals surface area contributed by atoms with E-state index in [9.17, 15) is 0 Å². The Balaban J connectivity index is 1.67. The lowest BCUT2D eigenvalue weighted by Gasteiger charge is -2.15. The van der Waals surface area contributed by atoms with Crippen molar-refractivity contribution in [1.29, 1.82) is 0 Å². The first kappa shape index (κ1) is 11.7. The molecule has 0 radical (unpaired) electrons. The summed E-state index contributed by atoms with van der Waals surface area (Å²) < 4.78 is 5.66. The van der Waals surface area contributed by atoms with Crippen molar-refractivity contribution in [2.75, 3.05) is 20.2 Å². The number of hydrogen-bond donors (Lipinski definition) is 1. The molecule has 0 atom stereocenters. The van der Waals surface area contributed by atoms with Gasteiger partial charge < -0.3 is 14.6 Å². The van der Waals surface area contributed by atoms with E-state index in [0.717, 1.165) is 12.6 Å². The molecule has 2 aromatic rings. The summed E-state index contributed by atoms with van der Waals surface area (Å²) >= 11 is 5.82. The summed E-state index contributed by atoms with van der Waals surface area (Å²) in [7, 11) is 2.11. The van der Waals surface area contributed by atoms with Crippen molar-refractivity contribution in [2.24, 2.45) is 0 Å². The van der Waals surface area contributed by atoms with Crippen LogP contribution in [0.5, 0.6) is 5.88 Å². The highest BCUT2D eigenvalue weighted by Gasteiger charge is 2.25. The molecule has 0 saturated heterocycles. The predicted octanol–water partition coefficient (Wildman–Crippen LogP) is 1.48. The van der Waals surface area contributed by atoms with E-state index in [-0.39, 0.29) is 5.28 Å². The van der Waals surface area contributed by atoms with Crippen LogP contribution in [0.3, 0.4) is 0 Å². The number of halogens is 1. The maximum absolute atomic E-state index is 5.82. The number of ether oxygens (including phenoxy) is 1. The summed E-state index contributed by atoms with van der Waals surface area (Å²) in [6, 6.07) is 0.731. The van der Waals surface area contributed by atoms with Crippen molar-refractivity contribution >= 4 is 22.8 Å². The minimum atomic E-state index is 0.153. The molecule has 18 heavy (non-hydrogen) atoms. The highest BCUT2D eigenvalue weighted by atomic mass is 35.5. The van der Waals surface area contributed by atoms with Gasteiger partial charge in [0.15, 0.2) is 5.65 Å². The topological polar surface area (TPSA) is 66.9 Å². The lowest BCUT2D eigenvalue weighted by atomic mass is 10.5. The summed E-state index contributed by atoms with van der Waals surface area (Å²) in [4.78, 5) is 17.4. The van der Waals surface area contributed by atoms with Crippen LogP contribution in [0.4, 0.5) is 0 Å². The quantitative estimate of drug-likeness (QED) is 0.831. The average molecular weight is 268 g/mol. The molecule has 0 aliphatic heterocycles. The molecule has 1 aliphatic rings. The summed E-state index contributed by atoms with van der Waals surface area (Å²) in [5, 5.41) is 0.153. The van der Waals surface area contributed by atoms with Crippen molar-refractivity contribution in [3.63, 3.8) is 0 Å². The van der Waals surface area contributed by atoms with E-state index in [2.05, 4.69) is 31.9 Å². The maximum atomic E-state index is 5.82. The molecule has 3 rings (SSSR count). The van der Waals surface area contributed by atoms with Gasteiger partial charge in [-0.1, -0.05) is 0 Å². The van der Waals surface area contributed by atoms with Gasteiger partial charge in [0.1, 0.15) is 12.1 Å². The standard InChI is InChI=1S/C11H14ClN5O/c1-17(7-2-3-7)4-5-18-10-8-9(14-6-13-8)15-11(12)16-10/h6-7H,2-5H2,1H3,(H,13,14,15,16). The number of nitrogens with one attached hydrogen (secondary N) is 1. The van der Waals surface area contributed by atoms with Gasteiger partial charge in [-0.05, 0) is 31.5 Å². The molecule has 1 aliphatic carbocycles. The Morgan fingerprint density at radius 3 is 3.11 bits per heavy atom. The van der Waals surface area contributed by atoms with Crippen LogP contribution in [0.25, 0.3) is 11.2 Å². The molecular weight excluding hydrogens is 254 g/mol. The molecule has 0 aromatic carbocycles. The number of fused-ring (bicyclic) bond motifs is 1. The lowest BCUT2D eigenvalue weighted by molar-refractivity contribution is 0.228. The molecule has 0 spiro atoms. The Morgan fingerprint density at radius 2 is 2.33 bits per heavy atom. The van der Waals surface area contributed by atoms with Gasteiger partial charge >= 0.3 is 0 Å². The van der Waals surface area contributed by atoms with E-state index in [1.165, 1.54) is 12.8 Å². The van der Waals surface area contributed by atoms with Crippen LogP contribution in [0, 0.1) is 0 Å². The molecule has 6 nitrogen and oxygen atoms in total. The summed E-state index contributed by atoms with van der Waals surface area (Å²) in [6.07, 6.45) is 4.14. The largest absolute Gasteiger partial charge is 0.475 e. The Kier molecular flexibility index (Phi) is 3.05. The number of H-pyrrole nitrogens is 1. The fourth-order valence-electron chi connectivity index (χ4n) is 1.87. The molecule has 2 aromatic heterocycles. The zero-order valence-electron chi connectivity index (χ0n) is 10.1. The van der Waals surface area contributed by atoms with Gasteiger partial charge in [-0.2, -0.15) is 9.97 Å². The third kappa shape index (κ3) is 2.39. The normalized spacial score (nSPS) is 15.5. The molecule has 96 valence electrons. The van der Waals surface area contributed by atoms with E-state index >= 15 is 0 Å². The highest BCUT2D eigenvalue weighted by Crippen LogP contribution is 2.25. The first-order valence-corrected chi connectivity index (χ1v) is 6.31. The minimum absolute atomic E-state index is 0.153.